The molecule has 0 saturated carbocycles. The van der Waals surface area contributed by atoms with Gasteiger partial charge in [0, 0.05) is 39.1 Å². The van der Waals surface area contributed by atoms with Crippen LogP contribution in [0.5, 0.6) is 0 Å². The highest BCUT2D eigenvalue weighted by molar-refractivity contribution is 7.84. The fourth-order valence-electron chi connectivity index (χ4n) is 4.66. The van der Waals surface area contributed by atoms with E-state index in [-0.39, 0.29) is 6.54 Å². The molecule has 0 aromatic heterocycles. The van der Waals surface area contributed by atoms with E-state index in [0.717, 1.165) is 23.1 Å². The van der Waals surface area contributed by atoms with E-state index in [1.165, 1.54) is 0 Å². The fraction of sp³-hybridized carbons (Fsp3) is 0.333. The van der Waals surface area contributed by atoms with Gasteiger partial charge < -0.3 is 16.2 Å². The van der Waals surface area contributed by atoms with Gasteiger partial charge in [-0.1, -0.05) is 23.7 Å². The molecule has 2 aliphatic heterocycles. The van der Waals surface area contributed by atoms with Gasteiger partial charge in [-0.2, -0.15) is 0 Å². The number of likely N-dealkylation sites (tertiary alicyclic amines) is 1. The lowest BCUT2D eigenvalue weighted by atomic mass is 9.86. The highest BCUT2D eigenvalue weighted by atomic mass is 35.5. The van der Waals surface area contributed by atoms with Gasteiger partial charge in [0.05, 0.1) is 17.8 Å². The van der Waals surface area contributed by atoms with Crippen molar-refractivity contribution in [2.75, 3.05) is 25.9 Å². The van der Waals surface area contributed by atoms with Gasteiger partial charge in [0.25, 0.3) is 0 Å². The molecule has 1 spiro atoms. The van der Waals surface area contributed by atoms with E-state index >= 15 is 0 Å². The maximum absolute atomic E-state index is 13.0. The van der Waals surface area contributed by atoms with Crippen LogP contribution in [0.3, 0.4) is 0 Å². The van der Waals surface area contributed by atoms with Gasteiger partial charge in [-0.05, 0) is 67.3 Å². The number of rotatable bonds is 5. The van der Waals surface area contributed by atoms with Crippen LogP contribution in [0.1, 0.15) is 24.0 Å². The van der Waals surface area contributed by atoms with E-state index in [0.29, 0.717) is 46.3 Å². The number of hydrogen-bond acceptors (Lipinski definition) is 6. The third-order valence-electron chi connectivity index (χ3n) is 6.23. The summed E-state index contributed by atoms with van der Waals surface area (Å²) < 4.78 is 17.7. The van der Waals surface area contributed by atoms with E-state index in [2.05, 4.69) is 0 Å². The maximum atomic E-state index is 13.0. The molecule has 1 amide bonds. The quantitative estimate of drug-likeness (QED) is 0.626. The number of hydrogen-bond donors (Lipinski definition) is 2. The topological polar surface area (TPSA) is 116 Å². The van der Waals surface area contributed by atoms with Crippen LogP contribution >= 0.6 is 11.6 Å². The lowest BCUT2D eigenvalue weighted by Crippen LogP contribution is -2.53. The number of nitrogens with zero attached hydrogens (tertiary/aromatic N) is 1. The summed E-state index contributed by atoms with van der Waals surface area (Å²) in [5, 5.41) is 0.447. The monoisotopic (exact) mass is 487 g/mol. The Morgan fingerprint density at radius 2 is 2.03 bits per heavy atom. The zero-order valence-electron chi connectivity index (χ0n) is 18.5. The van der Waals surface area contributed by atoms with Crippen molar-refractivity contribution >= 4 is 39.9 Å². The second-order valence-electron chi connectivity index (χ2n) is 8.58. The number of primary amides is 1. The predicted molar refractivity (Wildman–Crippen MR) is 129 cm³/mol. The first-order valence-electron chi connectivity index (χ1n) is 10.6. The average molecular weight is 488 g/mol. The largest absolute Gasteiger partial charge is 0.448 e. The molecule has 9 heteroatoms. The number of aryl methyl sites for hydroxylation is 1. The molecule has 1 saturated heterocycles. The van der Waals surface area contributed by atoms with Crippen LogP contribution in [0.15, 0.2) is 47.0 Å². The number of benzene rings is 2. The lowest BCUT2D eigenvalue weighted by molar-refractivity contribution is -0.149. The van der Waals surface area contributed by atoms with E-state index in [9.17, 15) is 13.8 Å². The first-order valence-corrected chi connectivity index (χ1v) is 12.5. The van der Waals surface area contributed by atoms with Crippen molar-refractivity contribution in [2.24, 2.45) is 11.5 Å². The summed E-state index contributed by atoms with van der Waals surface area (Å²) in [6.07, 6.45) is 2.93. The molecule has 1 fully saturated rings. The van der Waals surface area contributed by atoms with Gasteiger partial charge in [-0.3, -0.25) is 13.9 Å². The number of carbonyl (C=O) groups is 2. The molecule has 0 aliphatic carbocycles. The normalized spacial score (nSPS) is 22.0. The Morgan fingerprint density at radius 1 is 1.27 bits per heavy atom. The lowest BCUT2D eigenvalue weighted by Gasteiger charge is -2.39. The molecule has 33 heavy (non-hydrogen) atoms. The van der Waals surface area contributed by atoms with Crippen LogP contribution in [0.25, 0.3) is 16.7 Å². The van der Waals surface area contributed by atoms with Crippen LogP contribution in [-0.4, -0.2) is 52.5 Å². The molecule has 174 valence electrons. The van der Waals surface area contributed by atoms with Crippen LogP contribution in [0, 0.1) is 6.92 Å². The minimum atomic E-state index is -1.12. The third kappa shape index (κ3) is 4.43. The molecule has 0 bridgehead atoms. The Bertz CT molecular complexity index is 1210. The zero-order valence-corrected chi connectivity index (χ0v) is 20.1. The molecule has 2 unspecified atom stereocenters. The first kappa shape index (κ1) is 23.5. The minimum absolute atomic E-state index is 0.0864. The summed E-state index contributed by atoms with van der Waals surface area (Å²) in [6, 6.07) is 11.0. The second kappa shape index (κ2) is 8.93. The molecule has 2 atom stereocenters. The number of nitrogens with two attached hydrogens (primary N) is 2. The van der Waals surface area contributed by atoms with Gasteiger partial charge in [0.2, 0.25) is 5.91 Å². The zero-order chi connectivity index (χ0) is 23.9. The molecular weight excluding hydrogens is 462 g/mol. The Hall–Kier alpha value is -2.68. The molecule has 4 N–H and O–H groups in total. The SMILES string of the molecule is Cc1cc(-c2cccc(S(C)=O)c2)c(Cl)cc1C1=C(N)C2(CCCN(CC(N)=O)C2)OC1=O. The molecule has 4 rings (SSSR count). The second-order valence-corrected chi connectivity index (χ2v) is 10.4. The van der Waals surface area contributed by atoms with Crippen molar-refractivity contribution < 1.29 is 18.5 Å². The third-order valence-corrected chi connectivity index (χ3v) is 7.46. The van der Waals surface area contributed by atoms with Crippen molar-refractivity contribution in [1.29, 1.82) is 0 Å². The van der Waals surface area contributed by atoms with Crippen LogP contribution in [0.4, 0.5) is 0 Å². The number of carbonyl (C=O) groups excluding carboxylic acids is 2. The fourth-order valence-corrected chi connectivity index (χ4v) is 5.49. The number of halogens is 1. The summed E-state index contributed by atoms with van der Waals surface area (Å²) in [6.45, 7) is 2.98. The predicted octanol–water partition coefficient (Wildman–Crippen LogP) is 2.60. The van der Waals surface area contributed by atoms with E-state index in [1.807, 2.05) is 36.1 Å². The summed E-state index contributed by atoms with van der Waals surface area (Å²) in [7, 11) is -1.12. The number of esters is 1. The van der Waals surface area contributed by atoms with Crippen LogP contribution < -0.4 is 11.5 Å². The Morgan fingerprint density at radius 3 is 2.73 bits per heavy atom. The smallest absolute Gasteiger partial charge is 0.341 e. The molecule has 2 heterocycles. The van der Waals surface area contributed by atoms with E-state index in [4.69, 9.17) is 27.8 Å². The maximum Gasteiger partial charge on any atom is 0.341 e. The average Bonchev–Trinajstić information content (AvgIpc) is 2.98. The summed E-state index contributed by atoms with van der Waals surface area (Å²) >= 11 is 6.65. The first-order chi connectivity index (χ1) is 15.6. The molecular formula is C24H26ClN3O4S. The molecule has 0 radical (unpaired) electrons. The number of amides is 1. The molecule has 7 nitrogen and oxygen atoms in total. The summed E-state index contributed by atoms with van der Waals surface area (Å²) in [5.74, 6) is -0.933. The summed E-state index contributed by atoms with van der Waals surface area (Å²) in [4.78, 5) is 26.9. The van der Waals surface area contributed by atoms with Gasteiger partial charge in [-0.15, -0.1) is 0 Å². The van der Waals surface area contributed by atoms with Crippen molar-refractivity contribution in [1.82, 2.24) is 4.90 Å². The van der Waals surface area contributed by atoms with Crippen molar-refractivity contribution in [2.45, 2.75) is 30.3 Å². The molecule has 2 aliphatic rings. The minimum Gasteiger partial charge on any atom is -0.448 e. The molecule has 2 aromatic rings. The van der Waals surface area contributed by atoms with E-state index < -0.39 is 28.3 Å². The van der Waals surface area contributed by atoms with Crippen LogP contribution in [-0.2, 0) is 25.1 Å². The van der Waals surface area contributed by atoms with Gasteiger partial charge in [0.15, 0.2) is 5.60 Å². The van der Waals surface area contributed by atoms with Crippen molar-refractivity contribution in [3.63, 3.8) is 0 Å². The molecule has 2 aromatic carbocycles. The van der Waals surface area contributed by atoms with Gasteiger partial charge in [0.1, 0.15) is 0 Å². The van der Waals surface area contributed by atoms with Crippen molar-refractivity contribution in [3.8, 4) is 11.1 Å². The summed E-state index contributed by atoms with van der Waals surface area (Å²) in [5.41, 5.74) is 14.6. The standard InChI is InChI=1S/C24H26ClN3O4S/c1-14-9-18(15-5-3-6-16(10-15)33(2)31)19(25)11-17(14)21-22(27)24(32-23(21)30)7-4-8-28(13-24)12-20(26)29/h3,5-6,9-11H,4,7-8,12-13,27H2,1-2H3,(H2,26,29). The number of piperidine rings is 1. The van der Waals surface area contributed by atoms with E-state index in [1.54, 1.807) is 18.4 Å². The van der Waals surface area contributed by atoms with Gasteiger partial charge >= 0.3 is 5.97 Å². The Kier molecular flexibility index (Phi) is 6.35. The Balaban J connectivity index is 1.74. The highest BCUT2D eigenvalue weighted by Gasteiger charge is 2.49. The Labute approximate surface area is 200 Å². The van der Waals surface area contributed by atoms with Crippen molar-refractivity contribution in [3.05, 3.63) is 58.2 Å². The van der Waals surface area contributed by atoms with Gasteiger partial charge in [-0.25, -0.2) is 4.79 Å². The number of ether oxygens (including phenoxy) is 1. The van der Waals surface area contributed by atoms with Crippen LogP contribution in [0.2, 0.25) is 5.02 Å². The highest BCUT2D eigenvalue weighted by Crippen LogP contribution is 2.43.